The molecule has 3 rings (SSSR count). The number of thioether (sulfide) groups is 1. The molecule has 0 N–H and O–H groups in total. The first-order valence-electron chi connectivity index (χ1n) is 8.79. The predicted octanol–water partition coefficient (Wildman–Crippen LogP) is 3.60. The fourth-order valence-corrected chi connectivity index (χ4v) is 4.49. The van der Waals surface area contributed by atoms with Crippen LogP contribution < -0.4 is 9.47 Å². The number of carbonyl (C=O) groups excluding carboxylic acids is 1. The minimum Gasteiger partial charge on any atom is -0.496 e. The second-order valence-corrected chi connectivity index (χ2v) is 7.71. The molecule has 1 spiro atoms. The highest BCUT2D eigenvalue weighted by molar-refractivity contribution is 7.98. The molecule has 1 aromatic rings. The molecule has 1 heterocycles. The molecular formula is C19H27NO4S. The molecule has 138 valence electrons. The minimum absolute atomic E-state index is 0.0334. The van der Waals surface area contributed by atoms with Crippen molar-refractivity contribution in [1.82, 2.24) is 4.90 Å². The Morgan fingerprint density at radius 2 is 2.00 bits per heavy atom. The zero-order valence-electron chi connectivity index (χ0n) is 15.5. The predicted molar refractivity (Wildman–Crippen MR) is 99.0 cm³/mol. The van der Waals surface area contributed by atoms with Crippen LogP contribution in [0.15, 0.2) is 17.0 Å². The van der Waals surface area contributed by atoms with E-state index in [9.17, 15) is 4.79 Å². The molecule has 1 amide bonds. The molecule has 1 saturated carbocycles. The van der Waals surface area contributed by atoms with Crippen LogP contribution in [0.5, 0.6) is 11.5 Å². The number of ether oxygens (including phenoxy) is 3. The number of hydrogen-bond donors (Lipinski definition) is 0. The van der Waals surface area contributed by atoms with Crippen LogP contribution in [0.25, 0.3) is 0 Å². The third kappa shape index (κ3) is 3.34. The Morgan fingerprint density at radius 1 is 1.28 bits per heavy atom. The fraction of sp³-hybridized carbons (Fsp3) is 0.632. The summed E-state index contributed by atoms with van der Waals surface area (Å²) >= 11 is 1.56. The molecule has 1 aliphatic heterocycles. The number of carbonyl (C=O) groups is 1. The Labute approximate surface area is 154 Å². The molecule has 1 saturated heterocycles. The number of morpholine rings is 1. The first-order chi connectivity index (χ1) is 12.0. The molecule has 2 aliphatic rings. The molecular weight excluding hydrogens is 338 g/mol. The van der Waals surface area contributed by atoms with Gasteiger partial charge in [0.15, 0.2) is 0 Å². The van der Waals surface area contributed by atoms with Gasteiger partial charge in [0.25, 0.3) is 5.91 Å². The van der Waals surface area contributed by atoms with E-state index in [0.29, 0.717) is 30.2 Å². The summed E-state index contributed by atoms with van der Waals surface area (Å²) in [7, 11) is 3.19. The number of rotatable bonds is 4. The summed E-state index contributed by atoms with van der Waals surface area (Å²) in [5, 5.41) is 0. The van der Waals surface area contributed by atoms with E-state index in [1.54, 1.807) is 26.0 Å². The number of nitrogens with zero attached hydrogens (tertiary/aromatic N) is 1. The molecule has 0 radical (unpaired) electrons. The van der Waals surface area contributed by atoms with Gasteiger partial charge in [-0.1, -0.05) is 12.8 Å². The maximum absolute atomic E-state index is 13.5. The summed E-state index contributed by atoms with van der Waals surface area (Å²) < 4.78 is 17.2. The van der Waals surface area contributed by atoms with E-state index >= 15 is 0 Å². The zero-order valence-corrected chi connectivity index (χ0v) is 16.3. The van der Waals surface area contributed by atoms with Crippen molar-refractivity contribution in [3.8, 4) is 11.5 Å². The summed E-state index contributed by atoms with van der Waals surface area (Å²) in [6, 6.07) is 3.81. The van der Waals surface area contributed by atoms with E-state index < -0.39 is 0 Å². The third-order valence-electron chi connectivity index (χ3n) is 5.34. The monoisotopic (exact) mass is 365 g/mol. The molecule has 0 aromatic heterocycles. The van der Waals surface area contributed by atoms with Crippen LogP contribution in [0.4, 0.5) is 0 Å². The summed E-state index contributed by atoms with van der Waals surface area (Å²) in [6.07, 6.45) is 6.38. The first kappa shape index (κ1) is 18.4. The Morgan fingerprint density at radius 3 is 2.60 bits per heavy atom. The highest BCUT2D eigenvalue weighted by Gasteiger charge is 2.44. The summed E-state index contributed by atoms with van der Waals surface area (Å²) in [5.41, 5.74) is 0.346. The molecule has 25 heavy (non-hydrogen) atoms. The lowest BCUT2D eigenvalue weighted by Crippen LogP contribution is -2.56. The Bertz CT molecular complexity index is 643. The minimum atomic E-state index is -0.167. The lowest BCUT2D eigenvalue weighted by atomic mass is 9.97. The molecule has 6 heteroatoms. The van der Waals surface area contributed by atoms with Gasteiger partial charge in [-0.3, -0.25) is 4.79 Å². The lowest BCUT2D eigenvalue weighted by molar-refractivity contribution is -0.115. The molecule has 1 atom stereocenters. The Balaban J connectivity index is 1.98. The smallest absolute Gasteiger partial charge is 0.261 e. The standard InChI is InChI=1S/C19H27NO4S/c1-13-11-24-19(9-5-6-10-19)12-20(13)18(21)16-14(22-2)7-8-15(25-4)17(16)23-3/h7-8,13H,5-6,9-12H2,1-4H3. The van der Waals surface area contributed by atoms with Gasteiger partial charge in [-0.25, -0.2) is 0 Å². The van der Waals surface area contributed by atoms with Gasteiger partial charge in [0.2, 0.25) is 0 Å². The second kappa shape index (κ2) is 7.46. The molecule has 0 bridgehead atoms. The summed E-state index contributed by atoms with van der Waals surface area (Å²) in [4.78, 5) is 16.4. The van der Waals surface area contributed by atoms with Crippen molar-refractivity contribution in [3.05, 3.63) is 17.7 Å². The van der Waals surface area contributed by atoms with Gasteiger partial charge in [0.05, 0.1) is 43.9 Å². The normalized spacial score (nSPS) is 22.2. The Hall–Kier alpha value is -1.40. The third-order valence-corrected chi connectivity index (χ3v) is 6.10. The highest BCUT2D eigenvalue weighted by Crippen LogP contribution is 2.41. The van der Waals surface area contributed by atoms with Crippen molar-refractivity contribution >= 4 is 17.7 Å². The van der Waals surface area contributed by atoms with E-state index in [4.69, 9.17) is 14.2 Å². The molecule has 1 unspecified atom stereocenters. The maximum Gasteiger partial charge on any atom is 0.261 e. The number of benzene rings is 1. The van der Waals surface area contributed by atoms with E-state index in [1.807, 2.05) is 30.2 Å². The van der Waals surface area contributed by atoms with Crippen molar-refractivity contribution in [2.24, 2.45) is 0 Å². The number of methoxy groups -OCH3 is 2. The van der Waals surface area contributed by atoms with E-state index in [1.165, 1.54) is 12.8 Å². The van der Waals surface area contributed by atoms with Crippen LogP contribution in [-0.2, 0) is 4.74 Å². The topological polar surface area (TPSA) is 48.0 Å². The average Bonchev–Trinajstić information content (AvgIpc) is 3.10. The van der Waals surface area contributed by atoms with Crippen molar-refractivity contribution in [1.29, 1.82) is 0 Å². The van der Waals surface area contributed by atoms with Gasteiger partial charge in [0.1, 0.15) is 17.1 Å². The van der Waals surface area contributed by atoms with Gasteiger partial charge in [-0.2, -0.15) is 0 Å². The lowest BCUT2D eigenvalue weighted by Gasteiger charge is -2.44. The Kier molecular flexibility index (Phi) is 5.49. The van der Waals surface area contributed by atoms with E-state index in [-0.39, 0.29) is 17.6 Å². The van der Waals surface area contributed by atoms with Gasteiger partial charge in [-0.15, -0.1) is 11.8 Å². The van der Waals surface area contributed by atoms with Crippen LogP contribution in [0.1, 0.15) is 43.0 Å². The van der Waals surface area contributed by atoms with Crippen LogP contribution in [-0.4, -0.2) is 56.1 Å². The number of hydrogen-bond acceptors (Lipinski definition) is 5. The largest absolute Gasteiger partial charge is 0.496 e. The van der Waals surface area contributed by atoms with Gasteiger partial charge in [0, 0.05) is 0 Å². The van der Waals surface area contributed by atoms with Gasteiger partial charge in [-0.05, 0) is 38.2 Å². The van der Waals surface area contributed by atoms with Gasteiger partial charge >= 0.3 is 0 Å². The molecule has 5 nitrogen and oxygen atoms in total. The van der Waals surface area contributed by atoms with E-state index in [2.05, 4.69) is 0 Å². The van der Waals surface area contributed by atoms with Crippen LogP contribution in [0.2, 0.25) is 0 Å². The van der Waals surface area contributed by atoms with Crippen LogP contribution in [0.3, 0.4) is 0 Å². The maximum atomic E-state index is 13.5. The van der Waals surface area contributed by atoms with Crippen molar-refractivity contribution in [3.63, 3.8) is 0 Å². The SMILES string of the molecule is COc1ccc(SC)c(OC)c1C(=O)N1CC2(CCCC2)OCC1C. The van der Waals surface area contributed by atoms with Crippen molar-refractivity contribution in [2.45, 2.75) is 49.1 Å². The molecule has 1 aliphatic carbocycles. The van der Waals surface area contributed by atoms with Crippen LogP contribution in [0, 0.1) is 0 Å². The van der Waals surface area contributed by atoms with E-state index in [0.717, 1.165) is 17.7 Å². The highest BCUT2D eigenvalue weighted by atomic mass is 32.2. The molecule has 1 aromatic carbocycles. The number of amides is 1. The average molecular weight is 365 g/mol. The van der Waals surface area contributed by atoms with Gasteiger partial charge < -0.3 is 19.1 Å². The van der Waals surface area contributed by atoms with Crippen LogP contribution >= 0.6 is 11.8 Å². The van der Waals surface area contributed by atoms with Crippen molar-refractivity contribution in [2.75, 3.05) is 33.6 Å². The zero-order chi connectivity index (χ0) is 18.0. The van der Waals surface area contributed by atoms with Crippen molar-refractivity contribution < 1.29 is 19.0 Å². The first-order valence-corrected chi connectivity index (χ1v) is 10.0. The fourth-order valence-electron chi connectivity index (χ4n) is 3.92. The molecule has 2 fully saturated rings. The summed E-state index contributed by atoms with van der Waals surface area (Å²) in [5.74, 6) is 1.11. The quantitative estimate of drug-likeness (QED) is 0.763. The summed E-state index contributed by atoms with van der Waals surface area (Å²) in [6.45, 7) is 3.26. The second-order valence-electron chi connectivity index (χ2n) is 6.86.